The van der Waals surface area contributed by atoms with Gasteiger partial charge in [0, 0.05) is 18.9 Å². The average Bonchev–Trinajstić information content (AvgIpc) is 2.88. The maximum Gasteiger partial charge on any atom is 0.229 e. The van der Waals surface area contributed by atoms with Crippen LogP contribution in [0.25, 0.3) is 0 Å². The zero-order valence-electron chi connectivity index (χ0n) is 9.00. The van der Waals surface area contributed by atoms with E-state index in [1.54, 1.807) is 4.90 Å². The number of amides is 2. The topological polar surface area (TPSA) is 37.4 Å². The van der Waals surface area contributed by atoms with Crippen molar-refractivity contribution in [1.29, 1.82) is 0 Å². The molecule has 0 radical (unpaired) electrons. The van der Waals surface area contributed by atoms with Gasteiger partial charge in [-0.25, -0.2) is 0 Å². The molecule has 2 amide bonds. The first-order valence-corrected chi connectivity index (χ1v) is 6.05. The van der Waals surface area contributed by atoms with Gasteiger partial charge in [0.15, 0.2) is 0 Å². The van der Waals surface area contributed by atoms with Crippen LogP contribution in [0.5, 0.6) is 0 Å². The zero-order chi connectivity index (χ0) is 10.5. The first-order valence-electron chi connectivity index (χ1n) is 6.05. The highest BCUT2D eigenvalue weighted by atomic mass is 16.2. The Hall–Kier alpha value is -0.860. The first kappa shape index (κ1) is 9.37. The lowest BCUT2D eigenvalue weighted by Crippen LogP contribution is -2.48. The van der Waals surface area contributed by atoms with Crippen LogP contribution in [0.2, 0.25) is 0 Å². The molecule has 3 nitrogen and oxygen atoms in total. The molecule has 3 fully saturated rings. The van der Waals surface area contributed by atoms with Crippen LogP contribution in [0, 0.1) is 5.41 Å². The Bertz CT molecular complexity index is 294. The number of carbonyl (C=O) groups is 2. The summed E-state index contributed by atoms with van der Waals surface area (Å²) in [7, 11) is 0. The van der Waals surface area contributed by atoms with Crippen LogP contribution >= 0.6 is 0 Å². The number of hydrogen-bond acceptors (Lipinski definition) is 2. The molecule has 0 atom stereocenters. The van der Waals surface area contributed by atoms with Crippen LogP contribution in [0.4, 0.5) is 0 Å². The predicted molar refractivity (Wildman–Crippen MR) is 55.0 cm³/mol. The number of rotatable bonds is 1. The minimum absolute atomic E-state index is 0.0690. The van der Waals surface area contributed by atoms with Crippen LogP contribution in [-0.4, -0.2) is 22.8 Å². The van der Waals surface area contributed by atoms with Crippen molar-refractivity contribution < 1.29 is 9.59 Å². The van der Waals surface area contributed by atoms with E-state index in [4.69, 9.17) is 0 Å². The molecule has 15 heavy (non-hydrogen) atoms. The molecule has 2 aliphatic carbocycles. The van der Waals surface area contributed by atoms with Gasteiger partial charge >= 0.3 is 0 Å². The van der Waals surface area contributed by atoms with Gasteiger partial charge in [0.2, 0.25) is 11.8 Å². The SMILES string of the molecule is O=C1CC2(CCCC2)CC(=O)N1C1CC1. The lowest BCUT2D eigenvalue weighted by atomic mass is 9.76. The molecule has 0 N–H and O–H groups in total. The quantitative estimate of drug-likeness (QED) is 0.615. The maximum atomic E-state index is 12.0. The number of imide groups is 1. The molecule has 3 rings (SSSR count). The molecule has 0 aromatic rings. The molecule has 0 aromatic carbocycles. The predicted octanol–water partition coefficient (Wildman–Crippen LogP) is 1.86. The van der Waals surface area contributed by atoms with E-state index in [1.807, 2.05) is 0 Å². The lowest BCUT2D eigenvalue weighted by molar-refractivity contribution is -0.154. The summed E-state index contributed by atoms with van der Waals surface area (Å²) < 4.78 is 0. The number of piperidine rings is 1. The highest BCUT2D eigenvalue weighted by Crippen LogP contribution is 2.48. The number of nitrogens with zero attached hydrogens (tertiary/aromatic N) is 1. The second-order valence-electron chi connectivity index (χ2n) is 5.45. The lowest BCUT2D eigenvalue weighted by Gasteiger charge is -2.37. The molecular formula is C12H17NO2. The summed E-state index contributed by atoms with van der Waals surface area (Å²) in [6.07, 6.45) is 7.90. The van der Waals surface area contributed by atoms with E-state index in [-0.39, 0.29) is 23.3 Å². The third-order valence-electron chi connectivity index (χ3n) is 4.17. The molecule has 2 saturated carbocycles. The van der Waals surface area contributed by atoms with Gasteiger partial charge in [0.25, 0.3) is 0 Å². The van der Waals surface area contributed by atoms with Gasteiger partial charge in [-0.05, 0) is 31.1 Å². The number of carbonyl (C=O) groups excluding carboxylic acids is 2. The van der Waals surface area contributed by atoms with E-state index in [0.717, 1.165) is 25.7 Å². The summed E-state index contributed by atoms with van der Waals surface area (Å²) in [6, 6.07) is 0.267. The molecule has 1 saturated heterocycles. The maximum absolute atomic E-state index is 12.0. The summed E-state index contributed by atoms with van der Waals surface area (Å²) in [4.78, 5) is 25.5. The second kappa shape index (κ2) is 3.06. The number of hydrogen-bond donors (Lipinski definition) is 0. The van der Waals surface area contributed by atoms with Gasteiger partial charge in [0.05, 0.1) is 0 Å². The van der Waals surface area contributed by atoms with E-state index < -0.39 is 0 Å². The molecule has 1 spiro atoms. The van der Waals surface area contributed by atoms with Crippen molar-refractivity contribution in [3.63, 3.8) is 0 Å². The third kappa shape index (κ3) is 1.48. The molecular weight excluding hydrogens is 190 g/mol. The van der Waals surface area contributed by atoms with Crippen LogP contribution in [0.15, 0.2) is 0 Å². The zero-order valence-corrected chi connectivity index (χ0v) is 9.00. The van der Waals surface area contributed by atoms with Gasteiger partial charge in [-0.1, -0.05) is 12.8 Å². The fourth-order valence-electron chi connectivity index (χ4n) is 3.23. The van der Waals surface area contributed by atoms with Crippen LogP contribution in [0.1, 0.15) is 51.4 Å². The van der Waals surface area contributed by atoms with E-state index >= 15 is 0 Å². The van der Waals surface area contributed by atoms with E-state index in [9.17, 15) is 9.59 Å². The van der Waals surface area contributed by atoms with E-state index in [0.29, 0.717) is 12.8 Å². The Morgan fingerprint density at radius 1 is 1.00 bits per heavy atom. The highest BCUT2D eigenvalue weighted by molar-refractivity contribution is 5.99. The van der Waals surface area contributed by atoms with Crippen molar-refractivity contribution in [3.8, 4) is 0 Å². The summed E-state index contributed by atoms with van der Waals surface area (Å²) in [5.41, 5.74) is 0.0690. The molecule has 0 bridgehead atoms. The van der Waals surface area contributed by atoms with Gasteiger partial charge in [-0.3, -0.25) is 14.5 Å². The Morgan fingerprint density at radius 3 is 2.00 bits per heavy atom. The van der Waals surface area contributed by atoms with Crippen molar-refractivity contribution in [1.82, 2.24) is 4.90 Å². The van der Waals surface area contributed by atoms with Gasteiger partial charge in [-0.15, -0.1) is 0 Å². The average molecular weight is 207 g/mol. The summed E-state index contributed by atoms with van der Waals surface area (Å²) in [5, 5.41) is 0. The van der Waals surface area contributed by atoms with Crippen LogP contribution < -0.4 is 0 Å². The summed E-state index contributed by atoms with van der Waals surface area (Å²) in [6.45, 7) is 0. The molecule has 0 aromatic heterocycles. The summed E-state index contributed by atoms with van der Waals surface area (Å²) in [5.74, 6) is 0.214. The van der Waals surface area contributed by atoms with Crippen LogP contribution in [-0.2, 0) is 9.59 Å². The Balaban J connectivity index is 1.80. The molecule has 0 unspecified atom stereocenters. The molecule has 3 heteroatoms. The highest BCUT2D eigenvalue weighted by Gasteiger charge is 2.48. The minimum Gasteiger partial charge on any atom is -0.279 e. The van der Waals surface area contributed by atoms with Gasteiger partial charge < -0.3 is 0 Å². The van der Waals surface area contributed by atoms with Crippen molar-refractivity contribution in [2.75, 3.05) is 0 Å². The van der Waals surface area contributed by atoms with Crippen molar-refractivity contribution in [2.45, 2.75) is 57.4 Å². The van der Waals surface area contributed by atoms with E-state index in [1.165, 1.54) is 12.8 Å². The normalized spacial score (nSPS) is 30.3. The largest absolute Gasteiger partial charge is 0.279 e. The number of likely N-dealkylation sites (tertiary alicyclic amines) is 1. The molecule has 1 heterocycles. The smallest absolute Gasteiger partial charge is 0.229 e. The van der Waals surface area contributed by atoms with E-state index in [2.05, 4.69) is 0 Å². The Labute approximate surface area is 89.8 Å². The second-order valence-corrected chi connectivity index (χ2v) is 5.45. The Morgan fingerprint density at radius 2 is 1.53 bits per heavy atom. The monoisotopic (exact) mass is 207 g/mol. The van der Waals surface area contributed by atoms with Gasteiger partial charge in [-0.2, -0.15) is 0 Å². The molecule has 1 aliphatic heterocycles. The summed E-state index contributed by atoms with van der Waals surface area (Å²) >= 11 is 0. The van der Waals surface area contributed by atoms with Crippen molar-refractivity contribution in [2.24, 2.45) is 5.41 Å². The third-order valence-corrected chi connectivity index (χ3v) is 4.17. The fraction of sp³-hybridized carbons (Fsp3) is 0.833. The van der Waals surface area contributed by atoms with Gasteiger partial charge in [0.1, 0.15) is 0 Å². The first-order chi connectivity index (χ1) is 7.20. The van der Waals surface area contributed by atoms with Crippen LogP contribution in [0.3, 0.4) is 0 Å². The van der Waals surface area contributed by atoms with Crippen molar-refractivity contribution >= 4 is 11.8 Å². The molecule has 3 aliphatic rings. The Kier molecular flexibility index (Phi) is 1.91. The van der Waals surface area contributed by atoms with Crippen molar-refractivity contribution in [3.05, 3.63) is 0 Å². The molecule has 82 valence electrons. The fourth-order valence-corrected chi connectivity index (χ4v) is 3.23. The standard InChI is InChI=1S/C12H17NO2/c14-10-7-12(5-1-2-6-12)8-11(15)13(10)9-3-4-9/h9H,1-8H2. The minimum atomic E-state index is 0.0690.